The molecule has 3 aromatic rings. The Morgan fingerprint density at radius 2 is 1.90 bits per heavy atom. The number of nitrogens with zero attached hydrogens (tertiary/aromatic N) is 2. The van der Waals surface area contributed by atoms with Gasteiger partial charge >= 0.3 is 0 Å². The smallest absolute Gasteiger partial charge is 0.231 e. The van der Waals surface area contributed by atoms with Crippen LogP contribution in [0.4, 0.5) is 5.69 Å². The van der Waals surface area contributed by atoms with Crippen LogP contribution in [0.2, 0.25) is 0 Å². The van der Waals surface area contributed by atoms with E-state index in [0.29, 0.717) is 19.1 Å². The molecule has 2 aromatic carbocycles. The molecule has 1 unspecified atom stereocenters. The Bertz CT molecular complexity index is 1190. The summed E-state index contributed by atoms with van der Waals surface area (Å²) in [5.41, 5.74) is 3.89. The Kier molecular flexibility index (Phi) is 3.89. The Labute approximate surface area is 184 Å². The van der Waals surface area contributed by atoms with Crippen molar-refractivity contribution < 1.29 is 14.2 Å². The molecule has 3 aliphatic rings. The number of ether oxygens (including phenoxy) is 3. The van der Waals surface area contributed by atoms with Crippen molar-refractivity contribution in [1.29, 1.82) is 0 Å². The predicted molar refractivity (Wildman–Crippen MR) is 120 cm³/mol. The lowest BCUT2D eigenvalue weighted by Gasteiger charge is -2.26. The molecular formula is C23H20N2O3S2. The van der Waals surface area contributed by atoms with Crippen molar-refractivity contribution in [2.75, 3.05) is 18.3 Å². The minimum Gasteiger partial charge on any atom is -0.491 e. The SMILES string of the molecule is CC(C)c1nc(CN2C(=S)C3(COc4cc5c(cc43)OCO5)c3ccccc32)cs1. The average molecular weight is 437 g/mol. The zero-order chi connectivity index (χ0) is 20.5. The third kappa shape index (κ3) is 2.39. The first-order chi connectivity index (χ1) is 14.6. The minimum atomic E-state index is -0.501. The number of hydrogen-bond acceptors (Lipinski definition) is 6. The molecule has 0 fully saturated rings. The van der Waals surface area contributed by atoms with Gasteiger partial charge < -0.3 is 19.1 Å². The number of para-hydroxylation sites is 1. The van der Waals surface area contributed by atoms with Gasteiger partial charge in [-0.05, 0) is 17.7 Å². The molecule has 0 aliphatic carbocycles. The topological polar surface area (TPSA) is 43.8 Å². The van der Waals surface area contributed by atoms with E-state index in [1.807, 2.05) is 12.1 Å². The number of rotatable bonds is 3. The number of aromatic nitrogens is 1. The van der Waals surface area contributed by atoms with Crippen molar-refractivity contribution in [3.8, 4) is 17.2 Å². The molecule has 0 amide bonds. The fraction of sp³-hybridized carbons (Fsp3) is 0.304. The average Bonchev–Trinajstić information content (AvgIpc) is 3.51. The van der Waals surface area contributed by atoms with Crippen molar-refractivity contribution in [3.63, 3.8) is 0 Å². The van der Waals surface area contributed by atoms with Gasteiger partial charge in [-0.1, -0.05) is 44.3 Å². The van der Waals surface area contributed by atoms with Gasteiger partial charge in [-0.25, -0.2) is 4.98 Å². The minimum absolute atomic E-state index is 0.237. The molecule has 0 N–H and O–H groups in total. The van der Waals surface area contributed by atoms with Crippen LogP contribution in [0.15, 0.2) is 41.8 Å². The maximum Gasteiger partial charge on any atom is 0.231 e. The summed E-state index contributed by atoms with van der Waals surface area (Å²) in [6.07, 6.45) is 0. The van der Waals surface area contributed by atoms with Crippen LogP contribution >= 0.6 is 23.6 Å². The molecule has 152 valence electrons. The normalized spacial score (nSPS) is 20.8. The highest BCUT2D eigenvalue weighted by Gasteiger charge is 2.54. The van der Waals surface area contributed by atoms with Crippen LogP contribution in [0.1, 0.15) is 41.6 Å². The number of thiocarbonyl (C=S) groups is 1. The molecule has 30 heavy (non-hydrogen) atoms. The van der Waals surface area contributed by atoms with E-state index in [0.717, 1.165) is 44.2 Å². The molecule has 4 heterocycles. The summed E-state index contributed by atoms with van der Waals surface area (Å²) in [6.45, 7) is 5.71. The second-order valence-electron chi connectivity index (χ2n) is 8.14. The third-order valence-electron chi connectivity index (χ3n) is 6.03. The second-order valence-corrected chi connectivity index (χ2v) is 9.41. The lowest BCUT2D eigenvalue weighted by Crippen LogP contribution is -2.41. The van der Waals surface area contributed by atoms with Crippen molar-refractivity contribution in [2.24, 2.45) is 0 Å². The summed E-state index contributed by atoms with van der Waals surface area (Å²) in [7, 11) is 0. The zero-order valence-corrected chi connectivity index (χ0v) is 18.3. The highest BCUT2D eigenvalue weighted by atomic mass is 32.1. The molecule has 3 aliphatic heterocycles. The maximum atomic E-state index is 6.16. The first kappa shape index (κ1) is 18.2. The summed E-state index contributed by atoms with van der Waals surface area (Å²) in [5.74, 6) is 2.71. The monoisotopic (exact) mass is 436 g/mol. The van der Waals surface area contributed by atoms with Crippen molar-refractivity contribution in [2.45, 2.75) is 31.7 Å². The highest BCUT2D eigenvalue weighted by Crippen LogP contribution is 2.55. The van der Waals surface area contributed by atoms with Crippen LogP contribution in [0, 0.1) is 0 Å². The van der Waals surface area contributed by atoms with E-state index >= 15 is 0 Å². The number of hydrogen-bond donors (Lipinski definition) is 0. The Morgan fingerprint density at radius 1 is 1.10 bits per heavy atom. The molecule has 0 bridgehead atoms. The van der Waals surface area contributed by atoms with Gasteiger partial charge in [0.05, 0.1) is 17.2 Å². The summed E-state index contributed by atoms with van der Waals surface area (Å²) in [5, 5.41) is 3.29. The molecule has 1 atom stereocenters. The summed E-state index contributed by atoms with van der Waals surface area (Å²) in [4.78, 5) is 7.90. The van der Waals surface area contributed by atoms with Gasteiger partial charge in [0.2, 0.25) is 6.79 Å². The molecule has 1 aromatic heterocycles. The van der Waals surface area contributed by atoms with Crippen LogP contribution < -0.4 is 19.1 Å². The van der Waals surface area contributed by atoms with Crippen LogP contribution in [0.25, 0.3) is 0 Å². The highest BCUT2D eigenvalue weighted by molar-refractivity contribution is 7.80. The van der Waals surface area contributed by atoms with Crippen molar-refractivity contribution >= 4 is 34.2 Å². The number of benzene rings is 2. The van der Waals surface area contributed by atoms with Gasteiger partial charge in [0, 0.05) is 28.6 Å². The van der Waals surface area contributed by atoms with Crippen LogP contribution in [-0.4, -0.2) is 23.4 Å². The van der Waals surface area contributed by atoms with Gasteiger partial charge in [-0.2, -0.15) is 0 Å². The van der Waals surface area contributed by atoms with Gasteiger partial charge in [0.1, 0.15) is 22.8 Å². The van der Waals surface area contributed by atoms with E-state index in [-0.39, 0.29) is 6.79 Å². The first-order valence-electron chi connectivity index (χ1n) is 10.0. The van der Waals surface area contributed by atoms with E-state index in [1.54, 1.807) is 11.3 Å². The Morgan fingerprint density at radius 3 is 2.70 bits per heavy atom. The second kappa shape index (κ2) is 6.43. The van der Waals surface area contributed by atoms with E-state index < -0.39 is 5.41 Å². The largest absolute Gasteiger partial charge is 0.491 e. The predicted octanol–water partition coefficient (Wildman–Crippen LogP) is 5.02. The Balaban J connectivity index is 1.46. The van der Waals surface area contributed by atoms with Crippen molar-refractivity contribution in [1.82, 2.24) is 4.98 Å². The molecule has 1 spiro atoms. The van der Waals surface area contributed by atoms with Crippen molar-refractivity contribution in [3.05, 3.63) is 63.6 Å². The van der Waals surface area contributed by atoms with Gasteiger partial charge in [-0.3, -0.25) is 0 Å². The molecule has 5 nitrogen and oxygen atoms in total. The fourth-order valence-corrected chi connectivity index (χ4v) is 5.81. The standard InChI is InChI=1S/C23H20N2O3S2/c1-13(2)21-24-14(10-30-21)9-25-17-6-4-3-5-15(17)23(22(25)29)11-26-18-8-20-19(7-16(18)23)27-12-28-20/h3-8,10,13H,9,11-12H2,1-2H3. The van der Waals surface area contributed by atoms with Crippen LogP contribution in [0.5, 0.6) is 17.2 Å². The van der Waals surface area contributed by atoms with Gasteiger partial charge in [0.25, 0.3) is 0 Å². The van der Waals surface area contributed by atoms with Gasteiger partial charge in [0.15, 0.2) is 11.5 Å². The van der Waals surface area contributed by atoms with E-state index in [1.165, 1.54) is 5.56 Å². The number of anilines is 1. The quantitative estimate of drug-likeness (QED) is 0.537. The molecule has 6 rings (SSSR count). The van der Waals surface area contributed by atoms with Crippen LogP contribution in [0.3, 0.4) is 0 Å². The molecule has 0 saturated carbocycles. The van der Waals surface area contributed by atoms with Gasteiger partial charge in [-0.15, -0.1) is 11.3 Å². The number of fused-ring (bicyclic) bond motifs is 5. The Hall–Kier alpha value is -2.64. The summed E-state index contributed by atoms with van der Waals surface area (Å²) < 4.78 is 17.4. The van der Waals surface area contributed by atoms with E-state index in [9.17, 15) is 0 Å². The molecule has 7 heteroatoms. The lowest BCUT2D eigenvalue weighted by atomic mass is 9.77. The summed E-state index contributed by atoms with van der Waals surface area (Å²) in [6, 6.07) is 12.4. The fourth-order valence-electron chi connectivity index (χ4n) is 4.54. The van der Waals surface area contributed by atoms with E-state index in [4.69, 9.17) is 31.4 Å². The molecule has 0 saturated heterocycles. The third-order valence-corrected chi connectivity index (χ3v) is 7.79. The zero-order valence-electron chi connectivity index (χ0n) is 16.7. The molecular weight excluding hydrogens is 416 g/mol. The van der Waals surface area contributed by atoms with Crippen LogP contribution in [-0.2, 0) is 12.0 Å². The van der Waals surface area contributed by atoms with E-state index in [2.05, 4.69) is 48.4 Å². The first-order valence-corrected chi connectivity index (χ1v) is 11.3. The molecule has 0 radical (unpaired) electrons. The number of thiazole rings is 1. The lowest BCUT2D eigenvalue weighted by molar-refractivity contribution is 0.173. The summed E-state index contributed by atoms with van der Waals surface area (Å²) >= 11 is 7.84. The maximum absolute atomic E-state index is 6.16.